The summed E-state index contributed by atoms with van der Waals surface area (Å²) in [6, 6.07) is 11.0. The minimum absolute atomic E-state index is 0.429. The van der Waals surface area contributed by atoms with Crippen LogP contribution in [0.1, 0.15) is 35.7 Å². The molecule has 0 saturated carbocycles. The molecule has 2 aromatic heterocycles. The van der Waals surface area contributed by atoms with Crippen LogP contribution in [-0.2, 0) is 13.0 Å². The second kappa shape index (κ2) is 6.56. The fraction of sp³-hybridized carbons (Fsp3) is 0.278. The van der Waals surface area contributed by atoms with Crippen molar-refractivity contribution in [1.29, 1.82) is 0 Å². The van der Waals surface area contributed by atoms with Gasteiger partial charge in [-0.3, -0.25) is 0 Å². The smallest absolute Gasteiger partial charge is 0.188 e. The largest absolute Gasteiger partial charge is 0.304 e. The predicted molar refractivity (Wildman–Crippen MR) is 92.1 cm³/mol. The fourth-order valence-corrected chi connectivity index (χ4v) is 3.86. The molecule has 1 atom stereocenters. The van der Waals surface area contributed by atoms with Crippen LogP contribution in [0.15, 0.2) is 48.1 Å². The third-order valence-electron chi connectivity index (χ3n) is 4.21. The molecular weight excluding hydrogens is 304 g/mol. The van der Waals surface area contributed by atoms with E-state index >= 15 is 0 Å². The molecule has 4 rings (SSSR count). The van der Waals surface area contributed by atoms with E-state index in [0.29, 0.717) is 11.9 Å². The Morgan fingerprint density at radius 3 is 2.91 bits per heavy atom. The van der Waals surface area contributed by atoms with E-state index in [0.717, 1.165) is 17.2 Å². The SMILES string of the molecule is c1cnc(-c2nc(CNC3CCCc4ccccc43)cs2)nc1. The molecule has 1 aliphatic rings. The zero-order valence-electron chi connectivity index (χ0n) is 12.8. The minimum atomic E-state index is 0.429. The van der Waals surface area contributed by atoms with Crippen LogP contribution in [0.25, 0.3) is 10.8 Å². The Bertz CT molecular complexity index is 784. The second-order valence-corrected chi connectivity index (χ2v) is 6.60. The summed E-state index contributed by atoms with van der Waals surface area (Å²) in [5.41, 5.74) is 3.98. The van der Waals surface area contributed by atoms with E-state index in [-0.39, 0.29) is 0 Å². The molecule has 0 amide bonds. The van der Waals surface area contributed by atoms with Gasteiger partial charge in [-0.2, -0.15) is 0 Å². The molecule has 0 fully saturated rings. The highest BCUT2D eigenvalue weighted by molar-refractivity contribution is 7.13. The predicted octanol–water partition coefficient (Wildman–Crippen LogP) is 3.77. The quantitative estimate of drug-likeness (QED) is 0.794. The van der Waals surface area contributed by atoms with Gasteiger partial charge in [0.25, 0.3) is 0 Å². The molecule has 1 N–H and O–H groups in total. The van der Waals surface area contributed by atoms with Crippen molar-refractivity contribution >= 4 is 11.3 Å². The Morgan fingerprint density at radius 1 is 1.13 bits per heavy atom. The van der Waals surface area contributed by atoms with Gasteiger partial charge >= 0.3 is 0 Å². The van der Waals surface area contributed by atoms with Crippen LogP contribution in [0.4, 0.5) is 0 Å². The van der Waals surface area contributed by atoms with E-state index in [1.54, 1.807) is 23.7 Å². The van der Waals surface area contributed by atoms with E-state index in [4.69, 9.17) is 0 Å². The average Bonchev–Trinajstić information content (AvgIpc) is 3.10. The van der Waals surface area contributed by atoms with E-state index in [1.807, 2.05) is 6.07 Å². The standard InChI is InChI=1S/C18H18N4S/c1-2-7-15-13(5-1)6-3-8-16(15)21-11-14-12-23-18(22-14)17-19-9-4-10-20-17/h1-2,4-5,7,9-10,12,16,21H,3,6,8,11H2. The van der Waals surface area contributed by atoms with Crippen molar-refractivity contribution < 1.29 is 0 Å². The summed E-state index contributed by atoms with van der Waals surface area (Å²) in [5, 5.41) is 6.63. The van der Waals surface area contributed by atoms with Gasteiger partial charge in [0.15, 0.2) is 10.8 Å². The van der Waals surface area contributed by atoms with Crippen molar-refractivity contribution in [1.82, 2.24) is 20.3 Å². The number of thiazole rings is 1. The molecule has 1 unspecified atom stereocenters. The monoisotopic (exact) mass is 322 g/mol. The lowest BCUT2D eigenvalue weighted by molar-refractivity contribution is 0.457. The first-order chi connectivity index (χ1) is 11.4. The van der Waals surface area contributed by atoms with Gasteiger partial charge in [0.2, 0.25) is 0 Å². The summed E-state index contributed by atoms with van der Waals surface area (Å²) in [7, 11) is 0. The molecule has 0 radical (unpaired) electrons. The van der Waals surface area contributed by atoms with Crippen molar-refractivity contribution in [2.45, 2.75) is 31.8 Å². The Labute approximate surface area is 139 Å². The van der Waals surface area contributed by atoms with Gasteiger partial charge in [0, 0.05) is 30.4 Å². The number of nitrogens with one attached hydrogen (secondary N) is 1. The van der Waals surface area contributed by atoms with Crippen LogP contribution < -0.4 is 5.32 Å². The Kier molecular flexibility index (Phi) is 4.13. The first kappa shape index (κ1) is 14.5. The molecule has 0 bridgehead atoms. The number of hydrogen-bond donors (Lipinski definition) is 1. The van der Waals surface area contributed by atoms with E-state index in [2.05, 4.69) is 49.9 Å². The molecule has 2 heterocycles. The molecule has 1 aliphatic carbocycles. The van der Waals surface area contributed by atoms with Gasteiger partial charge in [0.05, 0.1) is 5.69 Å². The van der Waals surface area contributed by atoms with Gasteiger partial charge in [0.1, 0.15) is 0 Å². The number of nitrogens with zero attached hydrogens (tertiary/aromatic N) is 3. The van der Waals surface area contributed by atoms with Crippen molar-refractivity contribution in [2.24, 2.45) is 0 Å². The third kappa shape index (κ3) is 3.16. The van der Waals surface area contributed by atoms with Crippen LogP contribution in [0.5, 0.6) is 0 Å². The van der Waals surface area contributed by atoms with Crippen LogP contribution in [0.3, 0.4) is 0 Å². The number of benzene rings is 1. The number of fused-ring (bicyclic) bond motifs is 1. The van der Waals surface area contributed by atoms with Gasteiger partial charge < -0.3 is 5.32 Å². The van der Waals surface area contributed by atoms with E-state index < -0.39 is 0 Å². The molecule has 0 spiro atoms. The molecule has 4 nitrogen and oxygen atoms in total. The molecule has 0 aliphatic heterocycles. The highest BCUT2D eigenvalue weighted by Crippen LogP contribution is 2.30. The molecular formula is C18H18N4S. The van der Waals surface area contributed by atoms with Crippen LogP contribution in [0.2, 0.25) is 0 Å². The summed E-state index contributed by atoms with van der Waals surface area (Å²) >= 11 is 1.60. The fourth-order valence-electron chi connectivity index (χ4n) is 3.09. The summed E-state index contributed by atoms with van der Waals surface area (Å²) in [4.78, 5) is 13.2. The van der Waals surface area contributed by atoms with Gasteiger partial charge in [-0.05, 0) is 36.5 Å². The van der Waals surface area contributed by atoms with Crippen molar-refractivity contribution in [3.05, 3.63) is 64.9 Å². The molecule has 1 aromatic carbocycles. The number of aromatic nitrogens is 3. The number of aryl methyl sites for hydroxylation is 1. The lowest BCUT2D eigenvalue weighted by atomic mass is 9.88. The maximum atomic E-state index is 4.65. The van der Waals surface area contributed by atoms with Gasteiger partial charge in [-0.25, -0.2) is 15.0 Å². The molecule has 116 valence electrons. The lowest BCUT2D eigenvalue weighted by Crippen LogP contribution is -2.24. The first-order valence-electron chi connectivity index (χ1n) is 7.93. The van der Waals surface area contributed by atoms with Crippen molar-refractivity contribution in [3.63, 3.8) is 0 Å². The maximum Gasteiger partial charge on any atom is 0.188 e. The van der Waals surface area contributed by atoms with Gasteiger partial charge in [-0.15, -0.1) is 11.3 Å². The van der Waals surface area contributed by atoms with E-state index in [1.165, 1.54) is 30.4 Å². The summed E-state index contributed by atoms with van der Waals surface area (Å²) < 4.78 is 0. The topological polar surface area (TPSA) is 50.7 Å². The maximum absolute atomic E-state index is 4.65. The van der Waals surface area contributed by atoms with Crippen LogP contribution in [0, 0.1) is 0 Å². The molecule has 3 aromatic rings. The first-order valence-corrected chi connectivity index (χ1v) is 8.81. The molecule has 23 heavy (non-hydrogen) atoms. The molecule has 0 saturated heterocycles. The Balaban J connectivity index is 1.45. The minimum Gasteiger partial charge on any atom is -0.304 e. The average molecular weight is 322 g/mol. The second-order valence-electron chi connectivity index (χ2n) is 5.74. The van der Waals surface area contributed by atoms with Crippen LogP contribution >= 0.6 is 11.3 Å². The highest BCUT2D eigenvalue weighted by atomic mass is 32.1. The summed E-state index contributed by atoms with van der Waals surface area (Å²) in [5.74, 6) is 0.701. The number of hydrogen-bond acceptors (Lipinski definition) is 5. The number of rotatable bonds is 4. The van der Waals surface area contributed by atoms with Crippen molar-refractivity contribution in [3.8, 4) is 10.8 Å². The Morgan fingerprint density at radius 2 is 2.00 bits per heavy atom. The molecule has 5 heteroatoms. The van der Waals surface area contributed by atoms with Crippen molar-refractivity contribution in [2.75, 3.05) is 0 Å². The van der Waals surface area contributed by atoms with Gasteiger partial charge in [-0.1, -0.05) is 24.3 Å². The van der Waals surface area contributed by atoms with Crippen LogP contribution in [-0.4, -0.2) is 15.0 Å². The third-order valence-corrected chi connectivity index (χ3v) is 5.09. The summed E-state index contributed by atoms with van der Waals surface area (Å²) in [6.45, 7) is 0.780. The normalized spacial score (nSPS) is 17.0. The zero-order valence-corrected chi connectivity index (χ0v) is 13.6. The zero-order chi connectivity index (χ0) is 15.5. The highest BCUT2D eigenvalue weighted by Gasteiger charge is 2.19. The lowest BCUT2D eigenvalue weighted by Gasteiger charge is -2.26. The Hall–Kier alpha value is -2.11. The summed E-state index contributed by atoms with van der Waals surface area (Å²) in [6.07, 6.45) is 7.13. The van der Waals surface area contributed by atoms with E-state index in [9.17, 15) is 0 Å².